The van der Waals surface area contributed by atoms with E-state index >= 15 is 0 Å². The van der Waals surface area contributed by atoms with Crippen LogP contribution in [0.4, 0.5) is 0 Å². The number of ether oxygens (including phenoxy) is 1. The number of benzene rings is 1. The molecule has 120 valence electrons. The molecule has 1 unspecified atom stereocenters. The monoisotopic (exact) mass is 315 g/mol. The maximum atomic E-state index is 12.3. The van der Waals surface area contributed by atoms with E-state index < -0.39 is 16.1 Å². The van der Waals surface area contributed by atoms with Gasteiger partial charge < -0.3 is 9.84 Å². The van der Waals surface area contributed by atoms with E-state index in [2.05, 4.69) is 4.72 Å². The van der Waals surface area contributed by atoms with E-state index in [1.54, 1.807) is 18.2 Å². The highest BCUT2D eigenvalue weighted by Gasteiger charge is 2.24. The summed E-state index contributed by atoms with van der Waals surface area (Å²) >= 11 is 0. The molecule has 0 heterocycles. The van der Waals surface area contributed by atoms with E-state index in [1.807, 2.05) is 27.7 Å². The number of sulfonamides is 1. The van der Waals surface area contributed by atoms with Crippen molar-refractivity contribution in [1.29, 1.82) is 0 Å². The maximum absolute atomic E-state index is 12.3. The van der Waals surface area contributed by atoms with E-state index in [0.29, 0.717) is 12.2 Å². The molecule has 0 aliphatic heterocycles. The molecule has 1 rings (SSSR count). The quantitative estimate of drug-likeness (QED) is 0.843. The lowest BCUT2D eigenvalue weighted by atomic mass is 9.87. The van der Waals surface area contributed by atoms with E-state index in [-0.39, 0.29) is 16.9 Å². The van der Waals surface area contributed by atoms with Crippen molar-refractivity contribution in [3.63, 3.8) is 0 Å². The zero-order valence-corrected chi connectivity index (χ0v) is 14.1. The molecule has 0 fully saturated rings. The average Bonchev–Trinajstić information content (AvgIpc) is 2.37. The summed E-state index contributed by atoms with van der Waals surface area (Å²) in [6.45, 7) is 7.74. The van der Waals surface area contributed by atoms with Crippen LogP contribution in [0.25, 0.3) is 0 Å². The van der Waals surface area contributed by atoms with Crippen molar-refractivity contribution in [2.75, 3.05) is 13.7 Å². The van der Waals surface area contributed by atoms with Gasteiger partial charge in [-0.3, -0.25) is 0 Å². The van der Waals surface area contributed by atoms with Gasteiger partial charge in [0.25, 0.3) is 0 Å². The number of aliphatic hydroxyl groups is 1. The molecule has 0 amide bonds. The molecular weight excluding hydrogens is 290 g/mol. The minimum atomic E-state index is -3.65. The first-order valence-corrected chi connectivity index (χ1v) is 8.38. The normalized spacial score (nSPS) is 14.0. The van der Waals surface area contributed by atoms with Crippen LogP contribution in [0.15, 0.2) is 23.1 Å². The van der Waals surface area contributed by atoms with Gasteiger partial charge in [0.2, 0.25) is 10.0 Å². The van der Waals surface area contributed by atoms with Gasteiger partial charge >= 0.3 is 0 Å². The summed E-state index contributed by atoms with van der Waals surface area (Å²) in [4.78, 5) is 0.121. The molecule has 6 heteroatoms. The first-order valence-electron chi connectivity index (χ1n) is 6.90. The Morgan fingerprint density at radius 2 is 1.95 bits per heavy atom. The molecule has 1 atom stereocenters. The van der Waals surface area contributed by atoms with E-state index in [1.165, 1.54) is 7.11 Å². The third kappa shape index (κ3) is 4.98. The van der Waals surface area contributed by atoms with Crippen LogP contribution in [0.1, 0.15) is 32.8 Å². The molecule has 1 aromatic rings. The fourth-order valence-corrected chi connectivity index (χ4v) is 3.13. The third-order valence-electron chi connectivity index (χ3n) is 3.32. The molecule has 0 bridgehead atoms. The molecule has 0 spiro atoms. The van der Waals surface area contributed by atoms with E-state index in [4.69, 9.17) is 4.74 Å². The van der Waals surface area contributed by atoms with Gasteiger partial charge in [-0.2, -0.15) is 0 Å². The number of hydrogen-bond acceptors (Lipinski definition) is 4. The van der Waals surface area contributed by atoms with Crippen molar-refractivity contribution in [1.82, 2.24) is 4.72 Å². The van der Waals surface area contributed by atoms with Crippen LogP contribution < -0.4 is 9.46 Å². The Hall–Kier alpha value is -1.11. The minimum Gasteiger partial charge on any atom is -0.495 e. The fraction of sp³-hybridized carbons (Fsp3) is 0.600. The number of aryl methyl sites for hydroxylation is 1. The van der Waals surface area contributed by atoms with Gasteiger partial charge in [0.05, 0.1) is 13.2 Å². The van der Waals surface area contributed by atoms with Crippen molar-refractivity contribution in [2.24, 2.45) is 5.41 Å². The van der Waals surface area contributed by atoms with E-state index in [9.17, 15) is 13.5 Å². The van der Waals surface area contributed by atoms with Crippen molar-refractivity contribution < 1.29 is 18.3 Å². The lowest BCUT2D eigenvalue weighted by Crippen LogP contribution is -2.32. The van der Waals surface area contributed by atoms with Crippen molar-refractivity contribution >= 4 is 10.0 Å². The molecule has 2 N–H and O–H groups in total. The summed E-state index contributed by atoms with van der Waals surface area (Å²) in [7, 11) is -2.22. The highest BCUT2D eigenvalue weighted by Crippen LogP contribution is 2.25. The fourth-order valence-electron chi connectivity index (χ4n) is 1.83. The van der Waals surface area contributed by atoms with Gasteiger partial charge in [-0.25, -0.2) is 13.1 Å². The summed E-state index contributed by atoms with van der Waals surface area (Å²) in [5.41, 5.74) is 0.567. The Labute approximate surface area is 127 Å². The first kappa shape index (κ1) is 17.9. The van der Waals surface area contributed by atoms with Gasteiger partial charge in [0.1, 0.15) is 10.6 Å². The molecule has 0 radical (unpaired) electrons. The Balaban J connectivity index is 2.81. The predicted molar refractivity (Wildman–Crippen MR) is 83.0 cm³/mol. The molecule has 0 aromatic heterocycles. The zero-order chi connectivity index (χ0) is 16.3. The standard InChI is InChI=1S/C15H25NO4S/c1-11-6-7-12(20-5)13(10-11)21(18,19)16-9-8-14(17)15(2,3)4/h6-7,10,14,16-17H,8-9H2,1-5H3. The SMILES string of the molecule is COc1ccc(C)cc1S(=O)(=O)NCCC(O)C(C)(C)C. The van der Waals surface area contributed by atoms with Crippen LogP contribution in [-0.4, -0.2) is 33.3 Å². The van der Waals surface area contributed by atoms with Gasteiger partial charge in [-0.05, 0) is 36.5 Å². The smallest absolute Gasteiger partial charge is 0.244 e. The molecular formula is C15H25NO4S. The summed E-state index contributed by atoms with van der Waals surface area (Å²) in [6.07, 6.45) is -0.212. The predicted octanol–water partition coefficient (Wildman–Crippen LogP) is 2.08. The molecule has 21 heavy (non-hydrogen) atoms. The number of hydrogen-bond donors (Lipinski definition) is 2. The van der Waals surface area contributed by atoms with Crippen LogP contribution in [0.2, 0.25) is 0 Å². The second kappa shape index (κ2) is 6.77. The molecule has 0 aliphatic carbocycles. The summed E-state index contributed by atoms with van der Waals surface area (Å²) in [5, 5.41) is 9.94. The Morgan fingerprint density at radius 1 is 1.33 bits per heavy atom. The molecule has 5 nitrogen and oxygen atoms in total. The largest absolute Gasteiger partial charge is 0.495 e. The summed E-state index contributed by atoms with van der Waals surface area (Å²) < 4.78 is 32.3. The summed E-state index contributed by atoms with van der Waals surface area (Å²) in [6, 6.07) is 5.00. The molecule has 0 saturated carbocycles. The van der Waals surface area contributed by atoms with Gasteiger partial charge in [-0.15, -0.1) is 0 Å². The molecule has 1 aromatic carbocycles. The zero-order valence-electron chi connectivity index (χ0n) is 13.3. The van der Waals surface area contributed by atoms with Gasteiger partial charge in [0, 0.05) is 6.54 Å². The number of rotatable bonds is 6. The van der Waals surface area contributed by atoms with Crippen molar-refractivity contribution in [3.05, 3.63) is 23.8 Å². The van der Waals surface area contributed by atoms with Crippen LogP contribution in [0, 0.1) is 12.3 Å². The van der Waals surface area contributed by atoms with Crippen LogP contribution >= 0.6 is 0 Å². The number of methoxy groups -OCH3 is 1. The van der Waals surface area contributed by atoms with Crippen molar-refractivity contribution in [2.45, 2.75) is 45.1 Å². The first-order chi connectivity index (χ1) is 9.58. The second-order valence-electron chi connectivity index (χ2n) is 6.22. The Kier molecular flexibility index (Phi) is 5.78. The maximum Gasteiger partial charge on any atom is 0.244 e. The third-order valence-corrected chi connectivity index (χ3v) is 4.80. The average molecular weight is 315 g/mol. The topological polar surface area (TPSA) is 75.6 Å². The highest BCUT2D eigenvalue weighted by molar-refractivity contribution is 7.89. The highest BCUT2D eigenvalue weighted by atomic mass is 32.2. The number of aliphatic hydroxyl groups excluding tert-OH is 1. The van der Waals surface area contributed by atoms with Gasteiger partial charge in [0.15, 0.2) is 0 Å². The summed E-state index contributed by atoms with van der Waals surface area (Å²) in [5.74, 6) is 0.310. The van der Waals surface area contributed by atoms with Crippen LogP contribution in [0.3, 0.4) is 0 Å². The molecule has 0 aliphatic rings. The van der Waals surface area contributed by atoms with Crippen LogP contribution in [-0.2, 0) is 10.0 Å². The second-order valence-corrected chi connectivity index (χ2v) is 7.96. The van der Waals surface area contributed by atoms with E-state index in [0.717, 1.165) is 5.56 Å². The van der Waals surface area contributed by atoms with Crippen molar-refractivity contribution in [3.8, 4) is 5.75 Å². The van der Waals surface area contributed by atoms with Gasteiger partial charge in [-0.1, -0.05) is 26.8 Å². The Bertz CT molecular complexity index is 576. The number of nitrogens with one attached hydrogen (secondary N) is 1. The Morgan fingerprint density at radius 3 is 2.48 bits per heavy atom. The lowest BCUT2D eigenvalue weighted by molar-refractivity contribution is 0.0571. The molecule has 0 saturated heterocycles. The lowest BCUT2D eigenvalue weighted by Gasteiger charge is -2.25. The van der Waals surface area contributed by atoms with Crippen LogP contribution in [0.5, 0.6) is 5.75 Å². The minimum absolute atomic E-state index is 0.121.